The van der Waals surface area contributed by atoms with Gasteiger partial charge in [0.05, 0.1) is 0 Å². The largest absolute Gasteiger partial charge is 0.314 e. The minimum atomic E-state index is 0.413. The van der Waals surface area contributed by atoms with Crippen molar-refractivity contribution in [1.29, 1.82) is 0 Å². The van der Waals surface area contributed by atoms with E-state index in [4.69, 9.17) is 0 Å². The molecule has 0 radical (unpaired) electrons. The average Bonchev–Trinajstić information content (AvgIpc) is 2.96. The van der Waals surface area contributed by atoms with Crippen LogP contribution in [0.4, 0.5) is 0 Å². The molecule has 3 atom stereocenters. The summed E-state index contributed by atoms with van der Waals surface area (Å²) < 4.78 is 0. The quantitative estimate of drug-likeness (QED) is 0.785. The molecular weight excluding hydrogens is 220 g/mol. The molecule has 2 N–H and O–H groups in total. The first-order valence-corrected chi connectivity index (χ1v) is 7.97. The van der Waals surface area contributed by atoms with Crippen LogP contribution in [-0.4, -0.2) is 25.2 Å². The second-order valence-electron chi connectivity index (χ2n) is 7.43. The molecule has 0 aromatic rings. The van der Waals surface area contributed by atoms with Crippen LogP contribution in [0.25, 0.3) is 0 Å². The van der Waals surface area contributed by atoms with Gasteiger partial charge in [0.25, 0.3) is 0 Å². The molecule has 1 heterocycles. The Bertz CT molecular complexity index is 254. The first-order valence-electron chi connectivity index (χ1n) is 7.97. The first-order chi connectivity index (χ1) is 8.50. The molecule has 0 aromatic carbocycles. The van der Waals surface area contributed by atoms with Gasteiger partial charge in [0.2, 0.25) is 0 Å². The highest BCUT2D eigenvalue weighted by molar-refractivity contribution is 4.94. The molecule has 0 bridgehead atoms. The highest BCUT2D eigenvalue weighted by Crippen LogP contribution is 2.33. The lowest BCUT2D eigenvalue weighted by molar-refractivity contribution is 0.211. The predicted octanol–water partition coefficient (Wildman–Crippen LogP) is 3.18. The molecule has 1 aliphatic carbocycles. The first kappa shape index (κ1) is 14.3. The summed E-state index contributed by atoms with van der Waals surface area (Å²) in [5, 5.41) is 7.60. The van der Waals surface area contributed by atoms with Crippen molar-refractivity contribution in [3.05, 3.63) is 0 Å². The van der Waals surface area contributed by atoms with Crippen molar-refractivity contribution in [2.45, 2.75) is 71.9 Å². The third-order valence-corrected chi connectivity index (χ3v) is 5.57. The van der Waals surface area contributed by atoms with Gasteiger partial charge in [0.1, 0.15) is 0 Å². The second kappa shape index (κ2) is 5.92. The summed E-state index contributed by atoms with van der Waals surface area (Å²) in [6, 6.07) is 1.56. The topological polar surface area (TPSA) is 24.1 Å². The van der Waals surface area contributed by atoms with Crippen molar-refractivity contribution >= 4 is 0 Å². The molecule has 106 valence electrons. The third-order valence-electron chi connectivity index (χ3n) is 5.57. The molecule has 2 heteroatoms. The normalized spacial score (nSPS) is 33.5. The summed E-state index contributed by atoms with van der Waals surface area (Å²) in [5.41, 5.74) is 0.413. The molecule has 1 aliphatic heterocycles. The van der Waals surface area contributed by atoms with E-state index in [1.54, 1.807) is 0 Å². The molecule has 0 aromatic heterocycles. The van der Waals surface area contributed by atoms with E-state index in [9.17, 15) is 0 Å². The van der Waals surface area contributed by atoms with Gasteiger partial charge < -0.3 is 10.6 Å². The van der Waals surface area contributed by atoms with Crippen LogP contribution in [0.2, 0.25) is 0 Å². The fraction of sp³-hybridized carbons (Fsp3) is 1.00. The molecule has 1 saturated heterocycles. The Morgan fingerprint density at radius 3 is 2.56 bits per heavy atom. The fourth-order valence-corrected chi connectivity index (χ4v) is 3.40. The van der Waals surface area contributed by atoms with Gasteiger partial charge in [-0.15, -0.1) is 0 Å². The SMILES string of the molecule is CC(C)C(C)(C)CNC1CCCC1C1CCCN1. The van der Waals surface area contributed by atoms with E-state index in [1.807, 2.05) is 0 Å². The van der Waals surface area contributed by atoms with Gasteiger partial charge in [-0.25, -0.2) is 0 Å². The Morgan fingerprint density at radius 1 is 1.17 bits per heavy atom. The molecular formula is C16H32N2. The Morgan fingerprint density at radius 2 is 1.94 bits per heavy atom. The minimum absolute atomic E-state index is 0.413. The van der Waals surface area contributed by atoms with Crippen molar-refractivity contribution < 1.29 is 0 Å². The molecule has 3 unspecified atom stereocenters. The lowest BCUT2D eigenvalue weighted by Gasteiger charge is -2.34. The third kappa shape index (κ3) is 3.27. The Hall–Kier alpha value is -0.0800. The maximum absolute atomic E-state index is 3.89. The summed E-state index contributed by atoms with van der Waals surface area (Å²) in [6.07, 6.45) is 7.01. The van der Waals surface area contributed by atoms with Crippen LogP contribution in [0.15, 0.2) is 0 Å². The molecule has 2 nitrogen and oxygen atoms in total. The highest BCUT2D eigenvalue weighted by atomic mass is 15.0. The zero-order valence-corrected chi connectivity index (χ0v) is 12.8. The maximum atomic E-state index is 3.89. The Balaban J connectivity index is 1.84. The second-order valence-corrected chi connectivity index (χ2v) is 7.43. The van der Waals surface area contributed by atoms with Gasteiger partial charge in [0.15, 0.2) is 0 Å². The van der Waals surface area contributed by atoms with Crippen molar-refractivity contribution in [3.8, 4) is 0 Å². The van der Waals surface area contributed by atoms with E-state index >= 15 is 0 Å². The number of nitrogens with one attached hydrogen (secondary N) is 2. The Labute approximate surface area is 113 Å². The molecule has 18 heavy (non-hydrogen) atoms. The summed E-state index contributed by atoms with van der Waals surface area (Å²) in [4.78, 5) is 0. The van der Waals surface area contributed by atoms with Crippen molar-refractivity contribution in [2.24, 2.45) is 17.3 Å². The summed E-state index contributed by atoms with van der Waals surface area (Å²) >= 11 is 0. The van der Waals surface area contributed by atoms with Crippen LogP contribution >= 0.6 is 0 Å². The number of hydrogen-bond acceptors (Lipinski definition) is 2. The van der Waals surface area contributed by atoms with Crippen LogP contribution in [0.3, 0.4) is 0 Å². The molecule has 2 aliphatic rings. The maximum Gasteiger partial charge on any atom is 0.0111 e. The molecule has 2 fully saturated rings. The average molecular weight is 252 g/mol. The standard InChI is InChI=1S/C16H32N2/c1-12(2)16(3,4)11-18-15-8-5-7-13(15)14-9-6-10-17-14/h12-15,17-18H,5-11H2,1-4H3. The van der Waals surface area contributed by atoms with E-state index in [0.717, 1.165) is 23.9 Å². The van der Waals surface area contributed by atoms with E-state index in [-0.39, 0.29) is 0 Å². The molecule has 1 saturated carbocycles. The van der Waals surface area contributed by atoms with Crippen LogP contribution in [-0.2, 0) is 0 Å². The van der Waals surface area contributed by atoms with E-state index in [0.29, 0.717) is 5.41 Å². The van der Waals surface area contributed by atoms with Gasteiger partial charge in [-0.05, 0) is 49.5 Å². The lowest BCUT2D eigenvalue weighted by atomic mass is 9.80. The summed E-state index contributed by atoms with van der Waals surface area (Å²) in [5.74, 6) is 1.63. The van der Waals surface area contributed by atoms with Crippen molar-refractivity contribution in [3.63, 3.8) is 0 Å². The zero-order valence-electron chi connectivity index (χ0n) is 12.8. The Kier molecular flexibility index (Phi) is 4.71. The van der Waals surface area contributed by atoms with Gasteiger partial charge in [-0.2, -0.15) is 0 Å². The highest BCUT2D eigenvalue weighted by Gasteiger charge is 2.35. The van der Waals surface area contributed by atoms with Crippen LogP contribution in [0.5, 0.6) is 0 Å². The summed E-state index contributed by atoms with van der Waals surface area (Å²) in [7, 11) is 0. The van der Waals surface area contributed by atoms with Gasteiger partial charge in [-0.3, -0.25) is 0 Å². The van der Waals surface area contributed by atoms with Crippen molar-refractivity contribution in [2.75, 3.05) is 13.1 Å². The van der Waals surface area contributed by atoms with E-state index in [2.05, 4.69) is 38.3 Å². The van der Waals surface area contributed by atoms with Gasteiger partial charge in [0, 0.05) is 18.6 Å². The monoisotopic (exact) mass is 252 g/mol. The van der Waals surface area contributed by atoms with Crippen LogP contribution in [0.1, 0.15) is 59.8 Å². The lowest BCUT2D eigenvalue weighted by Crippen LogP contribution is -2.45. The molecule has 0 spiro atoms. The fourth-order valence-electron chi connectivity index (χ4n) is 3.40. The van der Waals surface area contributed by atoms with Crippen LogP contribution in [0, 0.1) is 17.3 Å². The van der Waals surface area contributed by atoms with Gasteiger partial charge in [-0.1, -0.05) is 34.1 Å². The molecule has 0 amide bonds. The van der Waals surface area contributed by atoms with E-state index in [1.165, 1.54) is 45.2 Å². The van der Waals surface area contributed by atoms with Crippen molar-refractivity contribution in [1.82, 2.24) is 10.6 Å². The zero-order chi connectivity index (χ0) is 13.2. The number of hydrogen-bond donors (Lipinski definition) is 2. The smallest absolute Gasteiger partial charge is 0.0111 e. The number of rotatable bonds is 5. The minimum Gasteiger partial charge on any atom is -0.314 e. The molecule has 2 rings (SSSR count). The summed E-state index contributed by atoms with van der Waals surface area (Å²) in [6.45, 7) is 11.9. The van der Waals surface area contributed by atoms with Crippen LogP contribution < -0.4 is 10.6 Å². The predicted molar refractivity (Wildman–Crippen MR) is 78.8 cm³/mol. The van der Waals surface area contributed by atoms with E-state index < -0.39 is 0 Å². The van der Waals surface area contributed by atoms with Gasteiger partial charge >= 0.3 is 0 Å².